The molecule has 3 aromatic rings. The Balaban J connectivity index is 1.42. The van der Waals surface area contributed by atoms with Crippen molar-refractivity contribution in [2.24, 2.45) is 0 Å². The zero-order valence-electron chi connectivity index (χ0n) is 19.7. The first-order chi connectivity index (χ1) is 17.1. The maximum atomic E-state index is 13.0. The van der Waals surface area contributed by atoms with Crippen LogP contribution in [0.4, 0.5) is 11.4 Å². The Bertz CT molecular complexity index is 1420. The van der Waals surface area contributed by atoms with Gasteiger partial charge in [-0.3, -0.25) is 14.5 Å². The highest BCUT2D eigenvalue weighted by atomic mass is 35.5. The standard InChI is InChI=1S/C27H22Cl2N2O3S2/c1-15-4-8-22(17(3)10-15)30-25(32)14-34-23-9-6-18(11-21(23)29)12-24-26(33)31(27(35)36-24)19-7-5-16(2)20(28)13-19/h4-13H,14H2,1-3H3,(H,30,32)/b24-12-. The highest BCUT2D eigenvalue weighted by Gasteiger charge is 2.33. The van der Waals surface area contributed by atoms with Crippen LogP contribution >= 0.6 is 47.2 Å². The molecule has 0 saturated carbocycles. The van der Waals surface area contributed by atoms with Crippen molar-refractivity contribution in [1.82, 2.24) is 0 Å². The number of carbonyl (C=O) groups is 2. The molecule has 1 aliphatic heterocycles. The summed E-state index contributed by atoms with van der Waals surface area (Å²) < 4.78 is 6.04. The molecule has 1 N–H and O–H groups in total. The van der Waals surface area contributed by atoms with Crippen molar-refractivity contribution >= 4 is 80.8 Å². The Labute approximate surface area is 229 Å². The highest BCUT2D eigenvalue weighted by Crippen LogP contribution is 2.38. The second kappa shape index (κ2) is 11.0. The van der Waals surface area contributed by atoms with Gasteiger partial charge in [-0.05, 0) is 73.9 Å². The van der Waals surface area contributed by atoms with E-state index in [2.05, 4.69) is 5.32 Å². The largest absolute Gasteiger partial charge is 0.482 e. The van der Waals surface area contributed by atoms with Crippen molar-refractivity contribution in [1.29, 1.82) is 0 Å². The lowest BCUT2D eigenvalue weighted by atomic mass is 10.1. The van der Waals surface area contributed by atoms with E-state index in [4.69, 9.17) is 40.2 Å². The number of anilines is 2. The number of halogens is 2. The first-order valence-corrected chi connectivity index (χ1v) is 12.9. The molecule has 36 heavy (non-hydrogen) atoms. The average Bonchev–Trinajstić information content (AvgIpc) is 3.09. The van der Waals surface area contributed by atoms with Crippen molar-refractivity contribution in [2.45, 2.75) is 20.8 Å². The van der Waals surface area contributed by atoms with Gasteiger partial charge < -0.3 is 10.1 Å². The smallest absolute Gasteiger partial charge is 0.270 e. The Morgan fingerprint density at radius 3 is 2.50 bits per heavy atom. The van der Waals surface area contributed by atoms with Crippen molar-refractivity contribution in [3.63, 3.8) is 0 Å². The summed E-state index contributed by atoms with van der Waals surface area (Å²) >= 11 is 19.3. The molecule has 0 aromatic heterocycles. The Hall–Kier alpha value is -2.84. The summed E-state index contributed by atoms with van der Waals surface area (Å²) in [5.74, 6) is -0.155. The van der Waals surface area contributed by atoms with Crippen molar-refractivity contribution in [2.75, 3.05) is 16.8 Å². The van der Waals surface area contributed by atoms with E-state index in [-0.39, 0.29) is 18.4 Å². The maximum Gasteiger partial charge on any atom is 0.270 e. The summed E-state index contributed by atoms with van der Waals surface area (Å²) in [6, 6.07) is 16.3. The van der Waals surface area contributed by atoms with Gasteiger partial charge >= 0.3 is 0 Å². The van der Waals surface area contributed by atoms with Gasteiger partial charge in [0.25, 0.3) is 11.8 Å². The van der Waals surface area contributed by atoms with Crippen molar-refractivity contribution < 1.29 is 14.3 Å². The van der Waals surface area contributed by atoms with Crippen LogP contribution in [0.5, 0.6) is 5.75 Å². The van der Waals surface area contributed by atoms with Crippen LogP contribution in [-0.2, 0) is 9.59 Å². The van der Waals surface area contributed by atoms with Crippen LogP contribution in [0.1, 0.15) is 22.3 Å². The average molecular weight is 558 g/mol. The molecule has 9 heteroatoms. The molecule has 0 bridgehead atoms. The summed E-state index contributed by atoms with van der Waals surface area (Å²) in [4.78, 5) is 27.3. The molecule has 1 aliphatic rings. The molecule has 0 spiro atoms. The first-order valence-electron chi connectivity index (χ1n) is 11.0. The number of nitrogens with zero attached hydrogens (tertiary/aromatic N) is 1. The number of hydrogen-bond acceptors (Lipinski definition) is 5. The first kappa shape index (κ1) is 26.2. The normalized spacial score (nSPS) is 14.5. The third kappa shape index (κ3) is 5.93. The van der Waals surface area contributed by atoms with Gasteiger partial charge in [0.2, 0.25) is 0 Å². The number of ether oxygens (including phenoxy) is 1. The Morgan fingerprint density at radius 1 is 1.03 bits per heavy atom. The van der Waals surface area contributed by atoms with Gasteiger partial charge in [-0.2, -0.15) is 0 Å². The lowest BCUT2D eigenvalue weighted by Gasteiger charge is -2.15. The maximum absolute atomic E-state index is 13.0. The van der Waals surface area contributed by atoms with E-state index in [1.54, 1.807) is 30.3 Å². The number of thiocarbonyl (C=S) groups is 1. The molecular weight excluding hydrogens is 535 g/mol. The number of amides is 2. The molecule has 0 radical (unpaired) electrons. The van der Waals surface area contributed by atoms with Crippen LogP contribution in [0.25, 0.3) is 6.08 Å². The van der Waals surface area contributed by atoms with Crippen molar-refractivity contribution in [3.8, 4) is 5.75 Å². The fraction of sp³-hybridized carbons (Fsp3) is 0.148. The molecule has 5 nitrogen and oxygen atoms in total. The molecule has 1 heterocycles. The molecule has 0 atom stereocenters. The summed E-state index contributed by atoms with van der Waals surface area (Å²) in [6.07, 6.45) is 1.72. The second-order valence-corrected chi connectivity index (χ2v) is 10.8. The van der Waals surface area contributed by atoms with Gasteiger partial charge in [0.15, 0.2) is 10.9 Å². The minimum absolute atomic E-state index is 0.190. The van der Waals surface area contributed by atoms with Gasteiger partial charge in [0.05, 0.1) is 15.6 Å². The summed E-state index contributed by atoms with van der Waals surface area (Å²) in [5.41, 5.74) is 5.07. The lowest BCUT2D eigenvalue weighted by Crippen LogP contribution is -2.27. The fourth-order valence-corrected chi connectivity index (χ4v) is 5.29. The number of benzene rings is 3. The van der Waals surface area contributed by atoms with Crippen molar-refractivity contribution in [3.05, 3.63) is 91.8 Å². The second-order valence-electron chi connectivity index (χ2n) is 8.30. The zero-order valence-corrected chi connectivity index (χ0v) is 22.9. The van der Waals surface area contributed by atoms with E-state index in [1.165, 1.54) is 16.7 Å². The molecule has 1 fully saturated rings. The Kier molecular flexibility index (Phi) is 8.05. The fourth-order valence-electron chi connectivity index (χ4n) is 3.57. The van der Waals surface area contributed by atoms with E-state index in [1.807, 2.05) is 51.1 Å². The van der Waals surface area contributed by atoms with E-state index < -0.39 is 0 Å². The molecule has 1 saturated heterocycles. The van der Waals surface area contributed by atoms with Gasteiger partial charge in [0, 0.05) is 10.7 Å². The number of rotatable bonds is 6. The number of aryl methyl sites for hydroxylation is 3. The topological polar surface area (TPSA) is 58.6 Å². The molecular formula is C27H22Cl2N2O3S2. The third-order valence-electron chi connectivity index (χ3n) is 5.48. The monoisotopic (exact) mass is 556 g/mol. The van der Waals surface area contributed by atoms with E-state index in [0.717, 1.165) is 22.4 Å². The van der Waals surface area contributed by atoms with E-state index in [0.29, 0.717) is 36.3 Å². The van der Waals surface area contributed by atoms with Crippen LogP contribution < -0.4 is 15.0 Å². The van der Waals surface area contributed by atoms with Gasteiger partial charge in [-0.1, -0.05) is 77.0 Å². The van der Waals surface area contributed by atoms with Crippen LogP contribution in [-0.4, -0.2) is 22.7 Å². The zero-order chi connectivity index (χ0) is 26.0. The SMILES string of the molecule is Cc1ccc(NC(=O)COc2ccc(/C=C3\SC(=S)N(c4ccc(C)c(Cl)c4)C3=O)cc2Cl)c(C)c1. The minimum Gasteiger partial charge on any atom is -0.482 e. The molecule has 184 valence electrons. The molecule has 0 aliphatic carbocycles. The Morgan fingerprint density at radius 2 is 1.81 bits per heavy atom. The molecule has 3 aromatic carbocycles. The number of nitrogens with one attached hydrogen (secondary N) is 1. The predicted octanol–water partition coefficient (Wildman–Crippen LogP) is 7.34. The number of carbonyl (C=O) groups excluding carboxylic acids is 2. The van der Waals surface area contributed by atoms with E-state index >= 15 is 0 Å². The summed E-state index contributed by atoms with van der Waals surface area (Å²) in [7, 11) is 0. The van der Waals surface area contributed by atoms with Crippen LogP contribution in [0, 0.1) is 20.8 Å². The van der Waals surface area contributed by atoms with Gasteiger partial charge in [-0.25, -0.2) is 0 Å². The number of thioether (sulfide) groups is 1. The number of hydrogen-bond donors (Lipinski definition) is 1. The molecule has 2 amide bonds. The molecule has 4 rings (SSSR count). The van der Waals surface area contributed by atoms with Gasteiger partial charge in [0.1, 0.15) is 5.75 Å². The minimum atomic E-state index is -0.290. The van der Waals surface area contributed by atoms with Crippen LogP contribution in [0.15, 0.2) is 59.5 Å². The predicted molar refractivity (Wildman–Crippen MR) is 153 cm³/mol. The van der Waals surface area contributed by atoms with Crippen LogP contribution in [0.3, 0.4) is 0 Å². The lowest BCUT2D eigenvalue weighted by molar-refractivity contribution is -0.118. The van der Waals surface area contributed by atoms with Gasteiger partial charge in [-0.15, -0.1) is 0 Å². The summed E-state index contributed by atoms with van der Waals surface area (Å²) in [5, 5.41) is 3.73. The summed E-state index contributed by atoms with van der Waals surface area (Å²) in [6.45, 7) is 5.63. The quantitative estimate of drug-likeness (QED) is 0.254. The van der Waals surface area contributed by atoms with E-state index in [9.17, 15) is 9.59 Å². The van der Waals surface area contributed by atoms with Crippen LogP contribution in [0.2, 0.25) is 10.0 Å². The molecule has 0 unspecified atom stereocenters. The third-order valence-corrected chi connectivity index (χ3v) is 7.48. The highest BCUT2D eigenvalue weighted by molar-refractivity contribution is 8.27.